The first-order valence-electron chi connectivity index (χ1n) is 8.68. The lowest BCUT2D eigenvalue weighted by atomic mass is 10.1. The van der Waals surface area contributed by atoms with Crippen molar-refractivity contribution in [3.63, 3.8) is 0 Å². The Labute approximate surface area is 151 Å². The van der Waals surface area contributed by atoms with Gasteiger partial charge in [0.25, 0.3) is 5.56 Å². The lowest BCUT2D eigenvalue weighted by Gasteiger charge is -2.32. The van der Waals surface area contributed by atoms with Crippen LogP contribution in [0.25, 0.3) is 11.3 Å². The van der Waals surface area contributed by atoms with Crippen LogP contribution in [-0.4, -0.2) is 44.8 Å². The molecule has 4 rings (SSSR count). The van der Waals surface area contributed by atoms with Crippen molar-refractivity contribution in [2.24, 2.45) is 0 Å². The summed E-state index contributed by atoms with van der Waals surface area (Å²) in [7, 11) is 0. The molecule has 7 heteroatoms. The summed E-state index contributed by atoms with van der Waals surface area (Å²) in [5, 5.41) is 7.33. The third kappa shape index (κ3) is 3.58. The molecule has 1 fully saturated rings. The Morgan fingerprint density at radius 2 is 2.15 bits per heavy atom. The van der Waals surface area contributed by atoms with E-state index in [-0.39, 0.29) is 11.7 Å². The zero-order chi connectivity index (χ0) is 17.9. The molecule has 26 heavy (non-hydrogen) atoms. The molecule has 1 atom stereocenters. The number of nitrogens with one attached hydrogen (secondary N) is 2. The first-order chi connectivity index (χ1) is 12.7. The van der Waals surface area contributed by atoms with Gasteiger partial charge in [0.1, 0.15) is 11.9 Å². The van der Waals surface area contributed by atoms with Gasteiger partial charge in [-0.15, -0.1) is 0 Å². The molecule has 7 nitrogen and oxygen atoms in total. The third-order valence-corrected chi connectivity index (χ3v) is 4.53. The predicted octanol–water partition coefficient (Wildman–Crippen LogP) is 2.04. The van der Waals surface area contributed by atoms with E-state index >= 15 is 0 Å². The van der Waals surface area contributed by atoms with Crippen LogP contribution in [0.2, 0.25) is 0 Å². The molecule has 0 bridgehead atoms. The molecule has 134 valence electrons. The largest absolute Gasteiger partial charge is 0.369 e. The van der Waals surface area contributed by atoms with E-state index in [9.17, 15) is 4.79 Å². The van der Waals surface area contributed by atoms with Crippen molar-refractivity contribution in [1.29, 1.82) is 0 Å². The average molecular weight is 351 g/mol. The lowest BCUT2D eigenvalue weighted by Crippen LogP contribution is -2.38. The Hall–Kier alpha value is -2.77. The number of benzene rings is 1. The minimum atomic E-state index is -0.197. The summed E-state index contributed by atoms with van der Waals surface area (Å²) in [6, 6.07) is 11.7. The van der Waals surface area contributed by atoms with Crippen LogP contribution >= 0.6 is 0 Å². The van der Waals surface area contributed by atoms with Crippen LogP contribution in [0.15, 0.2) is 47.4 Å². The summed E-state index contributed by atoms with van der Waals surface area (Å²) in [5.74, 6) is 0.606. The Bertz CT molecular complexity index is 934. The number of nitrogens with zero attached hydrogens (tertiary/aromatic N) is 3. The minimum absolute atomic E-state index is 0.144. The van der Waals surface area contributed by atoms with Crippen LogP contribution in [0.4, 0.5) is 0 Å². The summed E-state index contributed by atoms with van der Waals surface area (Å²) in [6.45, 7) is 4.68. The molecule has 0 aliphatic carbocycles. The first kappa shape index (κ1) is 16.7. The molecule has 1 aromatic carbocycles. The highest BCUT2D eigenvalue weighted by Crippen LogP contribution is 2.25. The normalized spacial score (nSPS) is 18.1. The van der Waals surface area contributed by atoms with Crippen molar-refractivity contribution in [2.45, 2.75) is 19.6 Å². The summed E-state index contributed by atoms with van der Waals surface area (Å²) in [5.41, 5.74) is 3.85. The topological polar surface area (TPSA) is 86.9 Å². The number of aryl methyl sites for hydroxylation is 1. The van der Waals surface area contributed by atoms with E-state index in [0.717, 1.165) is 29.9 Å². The highest BCUT2D eigenvalue weighted by Gasteiger charge is 2.24. The van der Waals surface area contributed by atoms with Crippen molar-refractivity contribution >= 4 is 0 Å². The standard InChI is InChI=1S/C19H21N5O2/c1-13-21-16(9-18(25)22-13)17-12-24(7-8-26-17)11-15-10-20-23-19(15)14-5-3-2-4-6-14/h2-6,9-10,17H,7-8,11-12H2,1H3,(H,20,23)(H,21,22,25)/t17-/m1/s1. The quantitative estimate of drug-likeness (QED) is 0.751. The molecular formula is C19H21N5O2. The second-order valence-electron chi connectivity index (χ2n) is 6.49. The van der Waals surface area contributed by atoms with Crippen molar-refractivity contribution in [1.82, 2.24) is 25.1 Å². The van der Waals surface area contributed by atoms with E-state index in [1.165, 1.54) is 6.07 Å². The number of aromatic amines is 2. The van der Waals surface area contributed by atoms with Crippen molar-refractivity contribution in [2.75, 3.05) is 19.7 Å². The van der Waals surface area contributed by atoms with Crippen LogP contribution in [-0.2, 0) is 11.3 Å². The van der Waals surface area contributed by atoms with Gasteiger partial charge >= 0.3 is 0 Å². The van der Waals surface area contributed by atoms with Crippen LogP contribution in [0.1, 0.15) is 23.2 Å². The van der Waals surface area contributed by atoms with Crippen LogP contribution in [0.3, 0.4) is 0 Å². The fraction of sp³-hybridized carbons (Fsp3) is 0.316. The molecule has 2 aromatic heterocycles. The molecule has 1 saturated heterocycles. The number of hydrogen-bond acceptors (Lipinski definition) is 5. The molecule has 0 unspecified atom stereocenters. The van der Waals surface area contributed by atoms with E-state index in [1.54, 1.807) is 6.92 Å². The highest BCUT2D eigenvalue weighted by molar-refractivity contribution is 5.62. The van der Waals surface area contributed by atoms with Gasteiger partial charge < -0.3 is 9.72 Å². The molecule has 2 N–H and O–H groups in total. The molecule has 1 aliphatic rings. The minimum Gasteiger partial charge on any atom is -0.369 e. The van der Waals surface area contributed by atoms with E-state index in [4.69, 9.17) is 4.74 Å². The van der Waals surface area contributed by atoms with E-state index in [1.807, 2.05) is 24.4 Å². The fourth-order valence-corrected chi connectivity index (χ4v) is 3.32. The fourth-order valence-electron chi connectivity index (χ4n) is 3.32. The van der Waals surface area contributed by atoms with Gasteiger partial charge in [-0.2, -0.15) is 5.10 Å². The molecule has 0 radical (unpaired) electrons. The van der Waals surface area contributed by atoms with Crippen LogP contribution in [0.5, 0.6) is 0 Å². The maximum atomic E-state index is 11.7. The predicted molar refractivity (Wildman–Crippen MR) is 97.6 cm³/mol. The van der Waals surface area contributed by atoms with Crippen molar-refractivity contribution < 1.29 is 4.74 Å². The molecular weight excluding hydrogens is 330 g/mol. The lowest BCUT2D eigenvalue weighted by molar-refractivity contribution is -0.0351. The zero-order valence-corrected chi connectivity index (χ0v) is 14.6. The molecule has 0 saturated carbocycles. The Kier molecular flexibility index (Phi) is 4.64. The van der Waals surface area contributed by atoms with Gasteiger partial charge in [-0.05, 0) is 12.5 Å². The van der Waals surface area contributed by atoms with Gasteiger partial charge in [-0.3, -0.25) is 14.8 Å². The second-order valence-corrected chi connectivity index (χ2v) is 6.49. The Morgan fingerprint density at radius 1 is 1.31 bits per heavy atom. The van der Waals surface area contributed by atoms with Gasteiger partial charge in [0.05, 0.1) is 24.2 Å². The van der Waals surface area contributed by atoms with Crippen LogP contribution in [0, 0.1) is 6.92 Å². The molecule has 3 heterocycles. The third-order valence-electron chi connectivity index (χ3n) is 4.53. The molecule has 0 amide bonds. The molecule has 3 aromatic rings. The Balaban J connectivity index is 1.51. The summed E-state index contributed by atoms with van der Waals surface area (Å²) < 4.78 is 5.86. The SMILES string of the molecule is Cc1nc([C@H]2CN(Cc3cn[nH]c3-c3ccccc3)CCO2)cc(=O)[nH]1. The average Bonchev–Trinajstić information content (AvgIpc) is 3.10. The number of aromatic nitrogens is 4. The van der Waals surface area contributed by atoms with E-state index in [0.29, 0.717) is 24.7 Å². The number of ether oxygens (including phenoxy) is 1. The van der Waals surface area contributed by atoms with Crippen molar-refractivity contribution in [3.8, 4) is 11.3 Å². The van der Waals surface area contributed by atoms with Crippen molar-refractivity contribution in [3.05, 3.63) is 70.0 Å². The first-order valence-corrected chi connectivity index (χ1v) is 8.68. The zero-order valence-electron chi connectivity index (χ0n) is 14.6. The number of morpholine rings is 1. The highest BCUT2D eigenvalue weighted by atomic mass is 16.5. The van der Waals surface area contributed by atoms with Gasteiger partial charge in [0.15, 0.2) is 0 Å². The number of hydrogen-bond donors (Lipinski definition) is 2. The van der Waals surface area contributed by atoms with Gasteiger partial charge in [-0.1, -0.05) is 30.3 Å². The summed E-state index contributed by atoms with van der Waals surface area (Å²) in [4.78, 5) is 21.1. The molecule has 0 spiro atoms. The van der Waals surface area contributed by atoms with Gasteiger partial charge in [-0.25, -0.2) is 4.98 Å². The second kappa shape index (κ2) is 7.23. The number of rotatable bonds is 4. The smallest absolute Gasteiger partial charge is 0.251 e. The van der Waals surface area contributed by atoms with Crippen LogP contribution < -0.4 is 5.56 Å². The number of H-pyrrole nitrogens is 2. The van der Waals surface area contributed by atoms with Gasteiger partial charge in [0.2, 0.25) is 0 Å². The maximum absolute atomic E-state index is 11.7. The summed E-state index contributed by atoms with van der Waals surface area (Å²) >= 11 is 0. The Morgan fingerprint density at radius 3 is 2.96 bits per heavy atom. The van der Waals surface area contributed by atoms with E-state index in [2.05, 4.69) is 37.2 Å². The monoisotopic (exact) mass is 351 g/mol. The van der Waals surface area contributed by atoms with Gasteiger partial charge in [0, 0.05) is 31.3 Å². The maximum Gasteiger partial charge on any atom is 0.251 e. The molecule has 1 aliphatic heterocycles. The summed E-state index contributed by atoms with van der Waals surface area (Å²) in [6.07, 6.45) is 1.68. The van der Waals surface area contributed by atoms with E-state index < -0.39 is 0 Å².